The summed E-state index contributed by atoms with van der Waals surface area (Å²) in [6.45, 7) is -4.32. The SMILES string of the molecule is O=P1([O-])OCC(CO)(COCC(CO)(CO)COCC2(CO)COP(=O)([O-])OC2)CO1. The monoisotopic (exact) mass is 494 g/mol. The Kier molecular flexibility index (Phi) is 9.61. The van der Waals surface area contributed by atoms with Crippen LogP contribution in [0.3, 0.4) is 0 Å². The van der Waals surface area contributed by atoms with Gasteiger partial charge in [0.15, 0.2) is 0 Å². The molecule has 2 rings (SSSR count). The first kappa shape index (κ1) is 27.2. The van der Waals surface area contributed by atoms with Crippen LogP contribution in [0.15, 0.2) is 0 Å². The minimum atomic E-state index is -4.40. The summed E-state index contributed by atoms with van der Waals surface area (Å²) >= 11 is 0. The molecule has 2 aliphatic rings. The van der Waals surface area contributed by atoms with E-state index in [4.69, 9.17) is 9.47 Å². The van der Waals surface area contributed by atoms with Gasteiger partial charge in [0.05, 0.1) is 95.5 Å². The Morgan fingerprint density at radius 2 is 1.06 bits per heavy atom. The molecule has 4 N–H and O–H groups in total. The van der Waals surface area contributed by atoms with Crippen molar-refractivity contribution in [3.8, 4) is 0 Å². The summed E-state index contributed by atoms with van der Waals surface area (Å²) in [6.07, 6.45) is 0. The average molecular weight is 494 g/mol. The number of hydrogen-bond donors (Lipinski definition) is 4. The number of aliphatic hydroxyl groups excluding tert-OH is 4. The maximum absolute atomic E-state index is 11.2. The van der Waals surface area contributed by atoms with Crippen molar-refractivity contribution >= 4 is 15.6 Å². The lowest BCUT2D eigenvalue weighted by Crippen LogP contribution is -2.48. The minimum Gasteiger partial charge on any atom is -0.756 e. The van der Waals surface area contributed by atoms with E-state index in [1.54, 1.807) is 0 Å². The molecule has 2 aliphatic heterocycles. The molecule has 0 radical (unpaired) electrons. The second kappa shape index (κ2) is 10.9. The molecule has 184 valence electrons. The van der Waals surface area contributed by atoms with Crippen molar-refractivity contribution in [2.24, 2.45) is 16.2 Å². The summed E-state index contributed by atoms with van der Waals surface area (Å²) in [5, 5.41) is 38.7. The zero-order valence-electron chi connectivity index (χ0n) is 16.8. The molecule has 0 aromatic heterocycles. The quantitative estimate of drug-likeness (QED) is 0.199. The zero-order chi connectivity index (χ0) is 23.2. The number of rotatable bonds is 12. The third kappa shape index (κ3) is 7.49. The first-order valence-corrected chi connectivity index (χ1v) is 12.2. The normalized spacial score (nSPS) is 37.1. The third-order valence-electron chi connectivity index (χ3n) is 5.09. The lowest BCUT2D eigenvalue weighted by Gasteiger charge is -2.41. The molecule has 0 aliphatic carbocycles. The molecule has 0 bridgehead atoms. The van der Waals surface area contributed by atoms with Crippen molar-refractivity contribution < 1.29 is 66.9 Å². The molecule has 0 spiro atoms. The highest BCUT2D eigenvalue weighted by molar-refractivity contribution is 7.46. The van der Waals surface area contributed by atoms with Gasteiger partial charge >= 0.3 is 0 Å². The Bertz CT molecular complexity index is 592. The predicted molar refractivity (Wildman–Crippen MR) is 96.3 cm³/mol. The Hall–Kier alpha value is -0.0200. The molecular weight excluding hydrogens is 466 g/mol. The number of hydrogen-bond acceptors (Lipinski definition) is 14. The number of aliphatic hydroxyl groups is 4. The van der Waals surface area contributed by atoms with Gasteiger partial charge in [0.2, 0.25) is 0 Å². The van der Waals surface area contributed by atoms with Gasteiger partial charge in [0, 0.05) is 0 Å². The van der Waals surface area contributed by atoms with Crippen LogP contribution in [0.4, 0.5) is 0 Å². The highest BCUT2D eigenvalue weighted by Gasteiger charge is 2.41. The van der Waals surface area contributed by atoms with Crippen molar-refractivity contribution in [1.29, 1.82) is 0 Å². The van der Waals surface area contributed by atoms with Crippen LogP contribution < -0.4 is 9.79 Å². The van der Waals surface area contributed by atoms with E-state index in [9.17, 15) is 39.3 Å². The fourth-order valence-electron chi connectivity index (χ4n) is 2.70. The second-order valence-corrected chi connectivity index (χ2v) is 10.9. The van der Waals surface area contributed by atoms with E-state index in [0.717, 1.165) is 0 Å². The van der Waals surface area contributed by atoms with Crippen molar-refractivity contribution in [2.75, 3.05) is 79.3 Å². The second-order valence-electron chi connectivity index (χ2n) is 8.11. The van der Waals surface area contributed by atoms with Crippen LogP contribution in [0.5, 0.6) is 0 Å². The summed E-state index contributed by atoms with van der Waals surface area (Å²) in [5.74, 6) is 0. The molecular formula is C15H28O14P2-2. The van der Waals surface area contributed by atoms with Crippen LogP contribution in [0.1, 0.15) is 0 Å². The lowest BCUT2D eigenvalue weighted by atomic mass is 9.90. The zero-order valence-corrected chi connectivity index (χ0v) is 18.5. The third-order valence-corrected chi connectivity index (χ3v) is 6.87. The highest BCUT2D eigenvalue weighted by Crippen LogP contribution is 2.47. The standard InChI is InChI=1S/C15H30O14P2/c16-1-13(2-17,5-24-7-14(3-18)9-26-30(20,21)27-10-14)6-25-8-15(4-19)11-28-31(22,23)29-12-15/h16-19H,1-12H2,(H,20,21)(H,22,23)/p-2. The number of phosphoric acid groups is 2. The molecule has 0 aromatic carbocycles. The average Bonchev–Trinajstić information content (AvgIpc) is 2.76. The van der Waals surface area contributed by atoms with Crippen molar-refractivity contribution in [2.45, 2.75) is 0 Å². The van der Waals surface area contributed by atoms with Crippen molar-refractivity contribution in [3.05, 3.63) is 0 Å². The molecule has 0 unspecified atom stereocenters. The van der Waals surface area contributed by atoms with Crippen LogP contribution in [0.2, 0.25) is 0 Å². The summed E-state index contributed by atoms with van der Waals surface area (Å²) in [7, 11) is -8.79. The number of phosphoric ester groups is 2. The van der Waals surface area contributed by atoms with Crippen molar-refractivity contribution in [3.63, 3.8) is 0 Å². The molecule has 14 nitrogen and oxygen atoms in total. The van der Waals surface area contributed by atoms with Crippen LogP contribution in [-0.2, 0) is 36.7 Å². The Labute approximate surface area is 178 Å². The van der Waals surface area contributed by atoms with E-state index in [0.29, 0.717) is 0 Å². The number of ether oxygens (including phenoxy) is 2. The molecule has 0 atom stereocenters. The van der Waals surface area contributed by atoms with Gasteiger partial charge in [-0.05, 0) is 0 Å². The van der Waals surface area contributed by atoms with Gasteiger partial charge in [-0.2, -0.15) is 0 Å². The Morgan fingerprint density at radius 3 is 1.32 bits per heavy atom. The van der Waals surface area contributed by atoms with Gasteiger partial charge < -0.3 is 57.8 Å². The van der Waals surface area contributed by atoms with Gasteiger partial charge in [0.1, 0.15) is 0 Å². The van der Waals surface area contributed by atoms with Gasteiger partial charge in [-0.3, -0.25) is 9.13 Å². The van der Waals surface area contributed by atoms with E-state index in [-0.39, 0.29) is 52.9 Å². The van der Waals surface area contributed by atoms with E-state index in [1.165, 1.54) is 0 Å². The van der Waals surface area contributed by atoms with E-state index >= 15 is 0 Å². The fourth-order valence-corrected chi connectivity index (χ4v) is 4.58. The van der Waals surface area contributed by atoms with E-state index < -0.39 is 58.3 Å². The van der Waals surface area contributed by atoms with Crippen LogP contribution in [-0.4, -0.2) is 99.7 Å². The molecule has 2 saturated heterocycles. The Balaban J connectivity index is 1.87. The van der Waals surface area contributed by atoms with Gasteiger partial charge in [-0.15, -0.1) is 0 Å². The van der Waals surface area contributed by atoms with E-state index in [2.05, 4.69) is 18.1 Å². The minimum absolute atomic E-state index is 0.188. The first-order chi connectivity index (χ1) is 14.5. The summed E-state index contributed by atoms with van der Waals surface area (Å²) in [5.41, 5.74) is -3.55. The molecule has 2 heterocycles. The topological polar surface area (TPSA) is 217 Å². The molecule has 2 fully saturated rings. The molecule has 31 heavy (non-hydrogen) atoms. The van der Waals surface area contributed by atoms with Gasteiger partial charge in [0.25, 0.3) is 15.6 Å². The van der Waals surface area contributed by atoms with Gasteiger partial charge in [-0.1, -0.05) is 0 Å². The van der Waals surface area contributed by atoms with Crippen LogP contribution in [0, 0.1) is 16.2 Å². The predicted octanol–water partition coefficient (Wildman–Crippen LogP) is -3.02. The summed E-state index contributed by atoms with van der Waals surface area (Å²) in [6, 6.07) is 0. The molecule has 16 heteroatoms. The van der Waals surface area contributed by atoms with Crippen LogP contribution in [0.25, 0.3) is 0 Å². The first-order valence-electron chi connectivity index (χ1n) is 9.28. The maximum atomic E-state index is 11.2. The summed E-state index contributed by atoms with van der Waals surface area (Å²) < 4.78 is 51.9. The lowest BCUT2D eigenvalue weighted by molar-refractivity contribution is -0.246. The largest absolute Gasteiger partial charge is 0.756 e. The maximum Gasteiger partial charge on any atom is 0.267 e. The Morgan fingerprint density at radius 1 is 0.742 bits per heavy atom. The van der Waals surface area contributed by atoms with Crippen molar-refractivity contribution in [1.82, 2.24) is 0 Å². The van der Waals surface area contributed by atoms with Crippen LogP contribution >= 0.6 is 15.6 Å². The summed E-state index contributed by atoms with van der Waals surface area (Å²) in [4.78, 5) is 22.4. The smallest absolute Gasteiger partial charge is 0.267 e. The molecule has 0 aromatic rings. The highest BCUT2D eigenvalue weighted by atomic mass is 31.2. The molecule has 0 amide bonds. The molecule has 0 saturated carbocycles. The van der Waals surface area contributed by atoms with E-state index in [1.807, 2.05) is 0 Å². The fraction of sp³-hybridized carbons (Fsp3) is 1.00. The van der Waals surface area contributed by atoms with Gasteiger partial charge in [-0.25, -0.2) is 0 Å².